The zero-order valence-electron chi connectivity index (χ0n) is 14.6. The van der Waals surface area contributed by atoms with E-state index in [1.54, 1.807) is 31.1 Å². The minimum absolute atomic E-state index is 0.345. The van der Waals surface area contributed by atoms with Crippen LogP contribution in [0.3, 0.4) is 0 Å². The molecular formula is C18H20N8. The highest BCUT2D eigenvalue weighted by Crippen LogP contribution is 2.28. The quantitative estimate of drug-likeness (QED) is 0.769. The fourth-order valence-corrected chi connectivity index (χ4v) is 3.15. The van der Waals surface area contributed by atoms with Gasteiger partial charge in [0.1, 0.15) is 23.8 Å². The van der Waals surface area contributed by atoms with Gasteiger partial charge in [-0.25, -0.2) is 19.9 Å². The zero-order valence-corrected chi connectivity index (χ0v) is 14.6. The molecular weight excluding hydrogens is 328 g/mol. The third-order valence-electron chi connectivity index (χ3n) is 4.44. The Kier molecular flexibility index (Phi) is 4.63. The number of rotatable bonds is 4. The van der Waals surface area contributed by atoms with Gasteiger partial charge in [0.05, 0.1) is 24.3 Å². The Labute approximate surface area is 151 Å². The van der Waals surface area contributed by atoms with Gasteiger partial charge in [-0.2, -0.15) is 0 Å². The summed E-state index contributed by atoms with van der Waals surface area (Å²) in [5.74, 6) is 2.64. The molecule has 4 rings (SSSR count). The lowest BCUT2D eigenvalue weighted by Crippen LogP contribution is -2.35. The zero-order chi connectivity index (χ0) is 17.8. The van der Waals surface area contributed by atoms with E-state index < -0.39 is 0 Å². The second-order valence-corrected chi connectivity index (χ2v) is 6.34. The van der Waals surface area contributed by atoms with E-state index in [-0.39, 0.29) is 0 Å². The maximum absolute atomic E-state index is 4.61. The maximum Gasteiger partial charge on any atom is 0.150 e. The van der Waals surface area contributed by atoms with Crippen LogP contribution in [0.25, 0.3) is 0 Å². The first-order chi connectivity index (χ1) is 12.8. The van der Waals surface area contributed by atoms with Crippen molar-refractivity contribution in [3.63, 3.8) is 0 Å². The standard InChI is InChI=1S/C18H20N8/c1-13-7-18(24-12-23-13)26-6-2-3-14(11-26)15-8-22-17(10-21-15)25-16-9-19-4-5-20-16/h4-5,7-10,12,14H,2-3,6,11H2,1H3,(H,20,22,25). The van der Waals surface area contributed by atoms with Crippen molar-refractivity contribution in [3.05, 3.63) is 54.8 Å². The van der Waals surface area contributed by atoms with Crippen LogP contribution in [0.15, 0.2) is 43.4 Å². The highest BCUT2D eigenvalue weighted by atomic mass is 15.2. The number of nitrogens with one attached hydrogen (secondary N) is 1. The smallest absolute Gasteiger partial charge is 0.150 e. The van der Waals surface area contributed by atoms with Crippen LogP contribution in [0.4, 0.5) is 17.5 Å². The predicted octanol–water partition coefficient (Wildman–Crippen LogP) is 2.49. The Morgan fingerprint density at radius 1 is 1.00 bits per heavy atom. The molecule has 1 unspecified atom stereocenters. The molecule has 0 saturated carbocycles. The number of hydrogen-bond acceptors (Lipinski definition) is 8. The second kappa shape index (κ2) is 7.38. The minimum atomic E-state index is 0.345. The first-order valence-electron chi connectivity index (χ1n) is 8.66. The fourth-order valence-electron chi connectivity index (χ4n) is 3.15. The Balaban J connectivity index is 1.45. The van der Waals surface area contributed by atoms with Gasteiger partial charge in [-0.1, -0.05) is 0 Å². The lowest BCUT2D eigenvalue weighted by atomic mass is 9.95. The van der Waals surface area contributed by atoms with Crippen LogP contribution >= 0.6 is 0 Å². The van der Waals surface area contributed by atoms with Crippen molar-refractivity contribution in [3.8, 4) is 0 Å². The van der Waals surface area contributed by atoms with E-state index >= 15 is 0 Å². The minimum Gasteiger partial charge on any atom is -0.356 e. The second-order valence-electron chi connectivity index (χ2n) is 6.34. The van der Waals surface area contributed by atoms with E-state index in [2.05, 4.69) is 40.1 Å². The van der Waals surface area contributed by atoms with Crippen LogP contribution < -0.4 is 10.2 Å². The molecule has 1 N–H and O–H groups in total. The van der Waals surface area contributed by atoms with Crippen LogP contribution in [0.5, 0.6) is 0 Å². The van der Waals surface area contributed by atoms with E-state index in [1.807, 2.05) is 19.2 Å². The van der Waals surface area contributed by atoms with Gasteiger partial charge in [0.2, 0.25) is 0 Å². The van der Waals surface area contributed by atoms with Crippen molar-refractivity contribution >= 4 is 17.5 Å². The monoisotopic (exact) mass is 348 g/mol. The number of piperidine rings is 1. The highest BCUT2D eigenvalue weighted by Gasteiger charge is 2.23. The predicted molar refractivity (Wildman–Crippen MR) is 98.3 cm³/mol. The normalized spacial score (nSPS) is 17.1. The molecule has 1 fully saturated rings. The topological polar surface area (TPSA) is 92.6 Å². The van der Waals surface area contributed by atoms with E-state index in [9.17, 15) is 0 Å². The molecule has 0 bridgehead atoms. The summed E-state index contributed by atoms with van der Waals surface area (Å²) in [6.45, 7) is 3.88. The average molecular weight is 348 g/mol. The summed E-state index contributed by atoms with van der Waals surface area (Å²) < 4.78 is 0. The van der Waals surface area contributed by atoms with Crippen molar-refractivity contribution in [2.24, 2.45) is 0 Å². The molecule has 8 heteroatoms. The lowest BCUT2D eigenvalue weighted by Gasteiger charge is -2.33. The molecule has 1 aliphatic rings. The highest BCUT2D eigenvalue weighted by molar-refractivity contribution is 5.48. The molecule has 3 aromatic rings. The van der Waals surface area contributed by atoms with E-state index in [0.29, 0.717) is 17.6 Å². The van der Waals surface area contributed by atoms with Crippen LogP contribution in [0.2, 0.25) is 0 Å². The van der Waals surface area contributed by atoms with Crippen molar-refractivity contribution in [1.82, 2.24) is 29.9 Å². The molecule has 1 saturated heterocycles. The summed E-state index contributed by atoms with van der Waals surface area (Å²) in [6.07, 6.45) is 12.3. The van der Waals surface area contributed by atoms with Gasteiger partial charge in [-0.3, -0.25) is 9.97 Å². The Morgan fingerprint density at radius 2 is 1.92 bits per heavy atom. The molecule has 8 nitrogen and oxygen atoms in total. The summed E-state index contributed by atoms with van der Waals surface area (Å²) in [4.78, 5) is 28.2. The van der Waals surface area contributed by atoms with Gasteiger partial charge in [-0.15, -0.1) is 0 Å². The Morgan fingerprint density at radius 3 is 2.69 bits per heavy atom. The average Bonchev–Trinajstić information content (AvgIpc) is 2.69. The van der Waals surface area contributed by atoms with Crippen molar-refractivity contribution in [2.75, 3.05) is 23.3 Å². The van der Waals surface area contributed by atoms with Crippen LogP contribution in [-0.2, 0) is 0 Å². The molecule has 0 spiro atoms. The van der Waals surface area contributed by atoms with E-state index in [1.165, 1.54) is 0 Å². The molecule has 0 radical (unpaired) electrons. The SMILES string of the molecule is Cc1cc(N2CCCC(c3cnc(Nc4cnccn4)cn3)C2)ncn1. The fraction of sp³-hybridized carbons (Fsp3) is 0.333. The molecule has 4 heterocycles. The number of hydrogen-bond donors (Lipinski definition) is 1. The van der Waals surface area contributed by atoms with Crippen molar-refractivity contribution < 1.29 is 0 Å². The summed E-state index contributed by atoms with van der Waals surface area (Å²) in [5, 5.41) is 3.10. The van der Waals surface area contributed by atoms with Crippen molar-refractivity contribution in [1.29, 1.82) is 0 Å². The van der Waals surface area contributed by atoms with Gasteiger partial charge >= 0.3 is 0 Å². The molecule has 1 aliphatic heterocycles. The van der Waals surface area contributed by atoms with Crippen LogP contribution in [0, 0.1) is 6.92 Å². The summed E-state index contributed by atoms with van der Waals surface area (Å²) in [5.41, 5.74) is 1.99. The van der Waals surface area contributed by atoms with E-state index in [0.717, 1.165) is 43.1 Å². The van der Waals surface area contributed by atoms with Gasteiger partial charge < -0.3 is 10.2 Å². The van der Waals surface area contributed by atoms with Gasteiger partial charge in [0, 0.05) is 43.2 Å². The molecule has 0 aromatic carbocycles. The lowest BCUT2D eigenvalue weighted by molar-refractivity contribution is 0.497. The molecule has 26 heavy (non-hydrogen) atoms. The number of aromatic nitrogens is 6. The van der Waals surface area contributed by atoms with Crippen LogP contribution in [-0.4, -0.2) is 43.0 Å². The van der Waals surface area contributed by atoms with Crippen molar-refractivity contribution in [2.45, 2.75) is 25.7 Å². The summed E-state index contributed by atoms with van der Waals surface area (Å²) in [7, 11) is 0. The third-order valence-corrected chi connectivity index (χ3v) is 4.44. The first kappa shape index (κ1) is 16.3. The largest absolute Gasteiger partial charge is 0.356 e. The summed E-state index contributed by atoms with van der Waals surface area (Å²) >= 11 is 0. The maximum atomic E-state index is 4.61. The first-order valence-corrected chi connectivity index (χ1v) is 8.66. The number of anilines is 3. The number of aryl methyl sites for hydroxylation is 1. The Bertz CT molecular complexity index is 853. The van der Waals surface area contributed by atoms with Gasteiger partial charge in [0.15, 0.2) is 0 Å². The molecule has 0 amide bonds. The third kappa shape index (κ3) is 3.74. The molecule has 132 valence electrons. The molecule has 3 aromatic heterocycles. The summed E-state index contributed by atoms with van der Waals surface area (Å²) in [6, 6.07) is 2.03. The number of nitrogens with zero attached hydrogens (tertiary/aromatic N) is 7. The molecule has 0 aliphatic carbocycles. The van der Waals surface area contributed by atoms with Gasteiger partial charge in [-0.05, 0) is 19.8 Å². The van der Waals surface area contributed by atoms with Crippen LogP contribution in [0.1, 0.15) is 30.1 Å². The molecule has 1 atom stereocenters. The van der Waals surface area contributed by atoms with Gasteiger partial charge in [0.25, 0.3) is 0 Å². The Hall–Kier alpha value is -3.16. The van der Waals surface area contributed by atoms with E-state index in [4.69, 9.17) is 0 Å².